The van der Waals surface area contributed by atoms with Crippen molar-refractivity contribution >= 4 is 33.2 Å². The van der Waals surface area contributed by atoms with Gasteiger partial charge < -0.3 is 5.32 Å². The van der Waals surface area contributed by atoms with E-state index in [1.807, 2.05) is 0 Å². The SMILES string of the molecule is O=C(Nc1ccc(Cl)c(C(F)(F)F)c1)[C@H]1CCCN(S(=O)(=O)Cc2ccccc2)C1. The quantitative estimate of drug-likeness (QED) is 0.712. The molecule has 2 aromatic carbocycles. The lowest BCUT2D eigenvalue weighted by Crippen LogP contribution is -2.44. The van der Waals surface area contributed by atoms with E-state index in [1.54, 1.807) is 30.3 Å². The van der Waals surface area contributed by atoms with E-state index in [2.05, 4.69) is 5.32 Å². The molecule has 0 radical (unpaired) electrons. The number of rotatable bonds is 5. The fraction of sp³-hybridized carbons (Fsp3) is 0.350. The van der Waals surface area contributed by atoms with E-state index in [4.69, 9.17) is 11.6 Å². The van der Waals surface area contributed by atoms with Gasteiger partial charge in [-0.15, -0.1) is 0 Å². The molecule has 3 rings (SSSR count). The van der Waals surface area contributed by atoms with E-state index in [-0.39, 0.29) is 18.0 Å². The number of piperidine rings is 1. The van der Waals surface area contributed by atoms with Gasteiger partial charge in [-0.1, -0.05) is 41.9 Å². The molecule has 1 N–H and O–H groups in total. The summed E-state index contributed by atoms with van der Waals surface area (Å²) >= 11 is 5.60. The molecule has 162 valence electrons. The lowest BCUT2D eigenvalue weighted by molar-refractivity contribution is -0.137. The predicted octanol–water partition coefficient (Wildman–Crippen LogP) is 4.54. The molecule has 1 aliphatic heterocycles. The Hall–Kier alpha value is -2.10. The topological polar surface area (TPSA) is 66.5 Å². The van der Waals surface area contributed by atoms with Crippen LogP contribution < -0.4 is 5.32 Å². The number of carbonyl (C=O) groups excluding carboxylic acids is 1. The molecule has 1 heterocycles. The van der Waals surface area contributed by atoms with Gasteiger partial charge in [-0.2, -0.15) is 13.2 Å². The van der Waals surface area contributed by atoms with E-state index in [1.165, 1.54) is 10.4 Å². The number of sulfonamides is 1. The van der Waals surface area contributed by atoms with Crippen molar-refractivity contribution in [1.82, 2.24) is 4.31 Å². The van der Waals surface area contributed by atoms with Crippen LogP contribution >= 0.6 is 11.6 Å². The Bertz CT molecular complexity index is 1010. The average molecular weight is 461 g/mol. The molecular weight excluding hydrogens is 441 g/mol. The first-order valence-electron chi connectivity index (χ1n) is 9.25. The second kappa shape index (κ2) is 8.95. The summed E-state index contributed by atoms with van der Waals surface area (Å²) < 4.78 is 65.8. The van der Waals surface area contributed by atoms with Crippen LogP contribution in [0.5, 0.6) is 0 Å². The number of nitrogens with one attached hydrogen (secondary N) is 1. The molecule has 5 nitrogen and oxygen atoms in total. The number of carbonyl (C=O) groups is 1. The fourth-order valence-electron chi connectivity index (χ4n) is 3.35. The van der Waals surface area contributed by atoms with Gasteiger partial charge in [0.25, 0.3) is 0 Å². The van der Waals surface area contributed by atoms with E-state index < -0.39 is 38.6 Å². The molecule has 30 heavy (non-hydrogen) atoms. The maximum absolute atomic E-state index is 13.0. The molecule has 10 heteroatoms. The zero-order valence-corrected chi connectivity index (χ0v) is 17.4. The van der Waals surface area contributed by atoms with Crippen LogP contribution in [0, 0.1) is 5.92 Å². The van der Waals surface area contributed by atoms with Gasteiger partial charge in [0.05, 0.1) is 22.3 Å². The highest BCUT2D eigenvalue weighted by molar-refractivity contribution is 7.88. The van der Waals surface area contributed by atoms with Crippen molar-refractivity contribution in [3.05, 3.63) is 64.7 Å². The number of nitrogens with zero attached hydrogens (tertiary/aromatic N) is 1. The predicted molar refractivity (Wildman–Crippen MR) is 108 cm³/mol. The van der Waals surface area contributed by atoms with Gasteiger partial charge in [-0.25, -0.2) is 12.7 Å². The molecule has 0 spiro atoms. The first-order valence-corrected chi connectivity index (χ1v) is 11.2. The third kappa shape index (κ3) is 5.53. The summed E-state index contributed by atoms with van der Waals surface area (Å²) in [6.45, 7) is 0.291. The van der Waals surface area contributed by atoms with Crippen LogP contribution in [-0.2, 0) is 26.7 Å². The van der Waals surface area contributed by atoms with Gasteiger partial charge in [-0.05, 0) is 36.6 Å². The highest BCUT2D eigenvalue weighted by Crippen LogP contribution is 2.36. The highest BCUT2D eigenvalue weighted by atomic mass is 35.5. The molecule has 0 aliphatic carbocycles. The van der Waals surface area contributed by atoms with Crippen molar-refractivity contribution in [3.8, 4) is 0 Å². The molecule has 0 saturated carbocycles. The van der Waals surface area contributed by atoms with E-state index in [9.17, 15) is 26.4 Å². The van der Waals surface area contributed by atoms with Crippen LogP contribution in [0.3, 0.4) is 0 Å². The standard InChI is InChI=1S/C20H20ClF3N2O3S/c21-18-9-8-16(11-17(18)20(22,23)24)25-19(27)15-7-4-10-26(12-15)30(28,29)13-14-5-2-1-3-6-14/h1-3,5-6,8-9,11,15H,4,7,10,12-13H2,(H,25,27)/t15-/m0/s1. The smallest absolute Gasteiger partial charge is 0.326 e. The van der Waals surface area contributed by atoms with Gasteiger partial charge >= 0.3 is 6.18 Å². The van der Waals surface area contributed by atoms with Crippen LogP contribution in [-0.4, -0.2) is 31.7 Å². The maximum atomic E-state index is 13.0. The Balaban J connectivity index is 1.69. The largest absolute Gasteiger partial charge is 0.417 e. The summed E-state index contributed by atoms with van der Waals surface area (Å²) in [5.41, 5.74) is -0.441. The second-order valence-corrected chi connectivity index (χ2v) is 9.50. The molecule has 0 aromatic heterocycles. The number of alkyl halides is 3. The molecule has 1 saturated heterocycles. The van der Waals surface area contributed by atoms with Crippen LogP contribution in [0.1, 0.15) is 24.0 Å². The second-order valence-electron chi connectivity index (χ2n) is 7.12. The van der Waals surface area contributed by atoms with Crippen LogP contribution in [0.25, 0.3) is 0 Å². The van der Waals surface area contributed by atoms with Gasteiger partial charge in [0.2, 0.25) is 15.9 Å². The fourth-order valence-corrected chi connectivity index (χ4v) is 5.19. The summed E-state index contributed by atoms with van der Waals surface area (Å²) in [4.78, 5) is 12.6. The average Bonchev–Trinajstić information content (AvgIpc) is 2.69. The maximum Gasteiger partial charge on any atom is 0.417 e. The summed E-state index contributed by atoms with van der Waals surface area (Å²) in [6.07, 6.45) is -3.71. The van der Waals surface area contributed by atoms with Crippen molar-refractivity contribution in [2.75, 3.05) is 18.4 Å². The third-order valence-electron chi connectivity index (χ3n) is 4.88. The van der Waals surface area contributed by atoms with E-state index in [0.29, 0.717) is 24.9 Å². The summed E-state index contributed by atoms with van der Waals surface area (Å²) in [5, 5.41) is 1.99. The minimum atomic E-state index is -4.65. The Morgan fingerprint density at radius 1 is 1.17 bits per heavy atom. The summed E-state index contributed by atoms with van der Waals surface area (Å²) in [6, 6.07) is 11.8. The van der Waals surface area contributed by atoms with Gasteiger partial charge in [0, 0.05) is 18.8 Å². The number of amides is 1. The van der Waals surface area contributed by atoms with Crippen LogP contribution in [0.15, 0.2) is 48.5 Å². The molecule has 0 bridgehead atoms. The Labute approximate surface area is 177 Å². The Morgan fingerprint density at radius 3 is 2.53 bits per heavy atom. The lowest BCUT2D eigenvalue weighted by Gasteiger charge is -2.31. The zero-order chi connectivity index (χ0) is 21.9. The summed E-state index contributed by atoms with van der Waals surface area (Å²) in [7, 11) is -3.62. The van der Waals surface area contributed by atoms with Crippen molar-refractivity contribution in [2.45, 2.75) is 24.8 Å². The molecule has 1 amide bonds. The van der Waals surface area contributed by atoms with Crippen molar-refractivity contribution in [3.63, 3.8) is 0 Å². The molecule has 1 aliphatic rings. The van der Waals surface area contributed by atoms with Crippen LogP contribution in [0.2, 0.25) is 5.02 Å². The van der Waals surface area contributed by atoms with Gasteiger partial charge in [0.1, 0.15) is 0 Å². The van der Waals surface area contributed by atoms with E-state index in [0.717, 1.165) is 12.1 Å². The normalized spacial score (nSPS) is 18.2. The molecular formula is C20H20ClF3N2O3S. The number of benzene rings is 2. The zero-order valence-electron chi connectivity index (χ0n) is 15.8. The first kappa shape index (κ1) is 22.6. The van der Waals surface area contributed by atoms with Gasteiger partial charge in [-0.3, -0.25) is 4.79 Å². The molecule has 1 atom stereocenters. The number of anilines is 1. The monoisotopic (exact) mass is 460 g/mol. The number of hydrogen-bond acceptors (Lipinski definition) is 3. The molecule has 0 unspecified atom stereocenters. The third-order valence-corrected chi connectivity index (χ3v) is 7.03. The van der Waals surface area contributed by atoms with Crippen molar-refractivity contribution in [2.24, 2.45) is 5.92 Å². The minimum Gasteiger partial charge on any atom is -0.326 e. The molecule has 2 aromatic rings. The first-order chi connectivity index (χ1) is 14.1. The Morgan fingerprint density at radius 2 is 1.87 bits per heavy atom. The highest BCUT2D eigenvalue weighted by Gasteiger charge is 2.35. The minimum absolute atomic E-state index is 0.0132. The number of hydrogen-bond donors (Lipinski definition) is 1. The van der Waals surface area contributed by atoms with E-state index >= 15 is 0 Å². The van der Waals surface area contributed by atoms with Crippen molar-refractivity contribution < 1.29 is 26.4 Å². The lowest BCUT2D eigenvalue weighted by atomic mass is 9.98. The van der Waals surface area contributed by atoms with Crippen molar-refractivity contribution in [1.29, 1.82) is 0 Å². The summed E-state index contributed by atoms with van der Waals surface area (Å²) in [5.74, 6) is -1.35. The van der Waals surface area contributed by atoms with Gasteiger partial charge in [0.15, 0.2) is 0 Å². The number of halogens is 4. The van der Waals surface area contributed by atoms with Crippen LogP contribution in [0.4, 0.5) is 18.9 Å². The Kier molecular flexibility index (Phi) is 6.74. The molecule has 1 fully saturated rings.